The lowest BCUT2D eigenvalue weighted by Gasteiger charge is -2.26. The Morgan fingerprint density at radius 1 is 0.789 bits per heavy atom. The fraction of sp³-hybridized carbons (Fsp3) is 0.727. The Balaban J connectivity index is 5.77. The van der Waals surface area contributed by atoms with Crippen LogP contribution in [-0.2, 0) is 19.2 Å². The molecule has 0 saturated heterocycles. The molecule has 0 aliphatic carbocycles. The zero-order chi connectivity index (χ0) is 29.4. The largest absolute Gasteiger partial charge is 0.480 e. The molecule has 0 aliphatic rings. The van der Waals surface area contributed by atoms with Crippen LogP contribution in [-0.4, -0.2) is 89.2 Å². The molecule has 16 nitrogen and oxygen atoms in total. The normalized spacial score (nSPS) is 15.5. The Labute approximate surface area is 222 Å². The van der Waals surface area contributed by atoms with Crippen molar-refractivity contribution in [2.24, 2.45) is 44.6 Å². The number of aliphatic hydroxyl groups is 1. The maximum atomic E-state index is 13.2. The molecule has 3 amide bonds. The van der Waals surface area contributed by atoms with Crippen molar-refractivity contribution >= 4 is 35.6 Å². The second kappa shape index (κ2) is 17.7. The number of amides is 3. The molecule has 15 N–H and O–H groups in total. The van der Waals surface area contributed by atoms with E-state index in [4.69, 9.17) is 28.7 Å². The van der Waals surface area contributed by atoms with Crippen molar-refractivity contribution in [2.75, 3.05) is 13.1 Å². The summed E-state index contributed by atoms with van der Waals surface area (Å²) in [5, 5.41) is 26.4. The van der Waals surface area contributed by atoms with Crippen molar-refractivity contribution in [2.45, 2.75) is 83.1 Å². The van der Waals surface area contributed by atoms with E-state index < -0.39 is 54.0 Å². The van der Waals surface area contributed by atoms with Crippen molar-refractivity contribution in [3.05, 3.63) is 0 Å². The average Bonchev–Trinajstić information content (AvgIpc) is 2.83. The van der Waals surface area contributed by atoms with Crippen molar-refractivity contribution in [3.63, 3.8) is 0 Å². The SMILES string of the molecule is CCC(C)C(N)C(=O)NC(CCCN=C(N)N)C(=O)NC(CCCN=C(N)N)C(=O)NC(C(=O)O)C(C)O. The van der Waals surface area contributed by atoms with Gasteiger partial charge in [0.05, 0.1) is 12.1 Å². The molecule has 16 heteroatoms. The van der Waals surface area contributed by atoms with Crippen LogP contribution in [0.15, 0.2) is 9.98 Å². The van der Waals surface area contributed by atoms with Gasteiger partial charge in [-0.2, -0.15) is 0 Å². The standard InChI is InChI=1S/C22H44N10O6/c1-4-11(2)15(23)19(36)31-13(7-5-9-28-21(24)25)17(34)30-14(8-6-10-29-22(26)27)18(35)32-16(12(3)33)20(37)38/h11-16,33H,4-10,23H2,1-3H3,(H,30,34)(H,31,36)(H,32,35)(H,37,38)(H4,24,25,28)(H4,26,27,29). The summed E-state index contributed by atoms with van der Waals surface area (Å²) in [4.78, 5) is 57.9. The quantitative estimate of drug-likeness (QED) is 0.0456. The van der Waals surface area contributed by atoms with Crippen LogP contribution in [0.5, 0.6) is 0 Å². The van der Waals surface area contributed by atoms with Crippen molar-refractivity contribution in [3.8, 4) is 0 Å². The molecular weight excluding hydrogens is 500 g/mol. The van der Waals surface area contributed by atoms with Crippen LogP contribution < -0.4 is 44.6 Å². The molecule has 0 rings (SSSR count). The third kappa shape index (κ3) is 13.6. The Kier molecular flexibility index (Phi) is 16.0. The number of rotatable bonds is 18. The summed E-state index contributed by atoms with van der Waals surface area (Å²) in [6, 6.07) is -4.79. The van der Waals surface area contributed by atoms with Crippen LogP contribution >= 0.6 is 0 Å². The second-order valence-electron chi connectivity index (χ2n) is 9.00. The molecule has 0 aromatic rings. The van der Waals surface area contributed by atoms with Gasteiger partial charge in [0.1, 0.15) is 12.1 Å². The molecule has 0 spiro atoms. The van der Waals surface area contributed by atoms with Crippen molar-refractivity contribution in [1.82, 2.24) is 16.0 Å². The molecule has 0 aliphatic heterocycles. The lowest BCUT2D eigenvalue weighted by molar-refractivity contribution is -0.145. The third-order valence-corrected chi connectivity index (χ3v) is 5.76. The van der Waals surface area contributed by atoms with E-state index in [0.29, 0.717) is 12.8 Å². The van der Waals surface area contributed by atoms with E-state index in [1.165, 1.54) is 6.92 Å². The number of aliphatic hydroxyl groups excluding tert-OH is 1. The number of carboxylic acid groups (broad SMARTS) is 1. The second-order valence-corrected chi connectivity index (χ2v) is 9.00. The number of nitrogens with two attached hydrogens (primary N) is 5. The van der Waals surface area contributed by atoms with Gasteiger partial charge in [0.25, 0.3) is 0 Å². The highest BCUT2D eigenvalue weighted by Gasteiger charge is 2.32. The predicted octanol–water partition coefficient (Wildman–Crippen LogP) is -3.61. The minimum Gasteiger partial charge on any atom is -0.480 e. The van der Waals surface area contributed by atoms with E-state index in [0.717, 1.165) is 0 Å². The Morgan fingerprint density at radius 3 is 1.58 bits per heavy atom. The highest BCUT2D eigenvalue weighted by molar-refractivity contribution is 5.94. The summed E-state index contributed by atoms with van der Waals surface area (Å²) >= 11 is 0. The van der Waals surface area contributed by atoms with Crippen LogP contribution in [0.3, 0.4) is 0 Å². The first-order valence-corrected chi connectivity index (χ1v) is 12.4. The number of nitrogens with zero attached hydrogens (tertiary/aromatic N) is 2. The Hall–Kier alpha value is -3.66. The molecular formula is C22H44N10O6. The number of aliphatic carboxylic acids is 1. The Bertz CT molecular complexity index is 842. The predicted molar refractivity (Wildman–Crippen MR) is 142 cm³/mol. The fourth-order valence-electron chi connectivity index (χ4n) is 3.24. The van der Waals surface area contributed by atoms with Gasteiger partial charge in [-0.05, 0) is 38.5 Å². The molecule has 0 fully saturated rings. The van der Waals surface area contributed by atoms with E-state index in [-0.39, 0.29) is 50.2 Å². The lowest BCUT2D eigenvalue weighted by Crippen LogP contribution is -2.58. The summed E-state index contributed by atoms with van der Waals surface area (Å²) in [7, 11) is 0. The highest BCUT2D eigenvalue weighted by Crippen LogP contribution is 2.08. The van der Waals surface area contributed by atoms with Gasteiger partial charge in [-0.3, -0.25) is 24.4 Å². The van der Waals surface area contributed by atoms with Crippen LogP contribution in [0.25, 0.3) is 0 Å². The first-order chi connectivity index (χ1) is 17.7. The summed E-state index contributed by atoms with van der Waals surface area (Å²) in [5.74, 6) is -3.99. The topological polar surface area (TPSA) is 300 Å². The van der Waals surface area contributed by atoms with Gasteiger partial charge in [0, 0.05) is 13.1 Å². The number of hydrogen-bond donors (Lipinski definition) is 10. The minimum atomic E-state index is -1.61. The molecule has 6 atom stereocenters. The molecule has 0 radical (unpaired) electrons. The maximum Gasteiger partial charge on any atom is 0.328 e. The minimum absolute atomic E-state index is 0.0293. The van der Waals surface area contributed by atoms with Crippen molar-refractivity contribution in [1.29, 1.82) is 0 Å². The number of aliphatic imine (C=N–C) groups is 2. The molecule has 6 unspecified atom stereocenters. The molecule has 0 heterocycles. The van der Waals surface area contributed by atoms with Crippen LogP contribution in [0, 0.1) is 5.92 Å². The van der Waals surface area contributed by atoms with Gasteiger partial charge >= 0.3 is 5.97 Å². The van der Waals surface area contributed by atoms with Gasteiger partial charge < -0.3 is 54.8 Å². The van der Waals surface area contributed by atoms with Crippen LogP contribution in [0.2, 0.25) is 0 Å². The average molecular weight is 545 g/mol. The van der Waals surface area contributed by atoms with Gasteiger partial charge in [0.15, 0.2) is 18.0 Å². The molecule has 0 aromatic heterocycles. The summed E-state index contributed by atoms with van der Waals surface area (Å²) < 4.78 is 0. The monoisotopic (exact) mass is 544 g/mol. The fourth-order valence-corrected chi connectivity index (χ4v) is 3.24. The summed E-state index contributed by atoms with van der Waals surface area (Å²) in [5.41, 5.74) is 27.3. The number of carbonyl (C=O) groups excluding carboxylic acids is 3. The molecule has 218 valence electrons. The smallest absolute Gasteiger partial charge is 0.328 e. The number of carboxylic acids is 1. The van der Waals surface area contributed by atoms with Crippen LogP contribution in [0.4, 0.5) is 0 Å². The first-order valence-electron chi connectivity index (χ1n) is 12.4. The van der Waals surface area contributed by atoms with Gasteiger partial charge in [0.2, 0.25) is 17.7 Å². The number of nitrogens with one attached hydrogen (secondary N) is 3. The van der Waals surface area contributed by atoms with E-state index >= 15 is 0 Å². The number of carbonyl (C=O) groups is 4. The molecule has 0 bridgehead atoms. The van der Waals surface area contributed by atoms with E-state index in [1.807, 2.05) is 6.92 Å². The lowest BCUT2D eigenvalue weighted by atomic mass is 9.98. The Morgan fingerprint density at radius 2 is 1.21 bits per heavy atom. The number of hydrogen-bond acceptors (Lipinski definition) is 8. The maximum absolute atomic E-state index is 13.2. The molecule has 0 aromatic carbocycles. The summed E-state index contributed by atoms with van der Waals surface area (Å²) in [6.07, 6.45) is -0.0413. The van der Waals surface area contributed by atoms with Gasteiger partial charge in [-0.1, -0.05) is 20.3 Å². The zero-order valence-corrected chi connectivity index (χ0v) is 22.2. The highest BCUT2D eigenvalue weighted by atomic mass is 16.4. The number of guanidine groups is 2. The van der Waals surface area contributed by atoms with Gasteiger partial charge in [-0.15, -0.1) is 0 Å². The third-order valence-electron chi connectivity index (χ3n) is 5.76. The van der Waals surface area contributed by atoms with Crippen LogP contribution in [0.1, 0.15) is 52.9 Å². The van der Waals surface area contributed by atoms with E-state index in [1.54, 1.807) is 6.92 Å². The zero-order valence-electron chi connectivity index (χ0n) is 22.2. The molecule has 38 heavy (non-hydrogen) atoms. The van der Waals surface area contributed by atoms with Crippen molar-refractivity contribution < 1.29 is 29.4 Å². The van der Waals surface area contributed by atoms with E-state index in [2.05, 4.69) is 25.9 Å². The molecule has 0 saturated carbocycles. The summed E-state index contributed by atoms with van der Waals surface area (Å²) in [6.45, 7) is 5.21. The first kappa shape index (κ1) is 34.3. The van der Waals surface area contributed by atoms with Gasteiger partial charge in [-0.25, -0.2) is 4.79 Å². The van der Waals surface area contributed by atoms with E-state index in [9.17, 15) is 29.4 Å².